The Morgan fingerprint density at radius 2 is 2.07 bits per heavy atom. The van der Waals surface area contributed by atoms with E-state index in [-0.39, 0.29) is 41.7 Å². The minimum Gasteiger partial charge on any atom is -0.352 e. The highest BCUT2D eigenvalue weighted by molar-refractivity contribution is 7.89. The Bertz CT molecular complexity index is 715. The molecule has 0 aliphatic carbocycles. The van der Waals surface area contributed by atoms with Gasteiger partial charge in [-0.1, -0.05) is 13.8 Å². The topological polar surface area (TPSA) is 121 Å². The van der Waals surface area contributed by atoms with Crippen LogP contribution in [0.25, 0.3) is 0 Å². The second kappa shape index (κ2) is 9.86. The molecule has 0 saturated carbocycles. The third-order valence-corrected chi connectivity index (χ3v) is 6.93. The van der Waals surface area contributed by atoms with Crippen molar-refractivity contribution in [2.45, 2.75) is 57.9 Å². The number of amides is 1. The highest BCUT2D eigenvalue weighted by Gasteiger charge is 2.36. The average Bonchev–Trinajstić information content (AvgIpc) is 2.93. The molecule has 2 unspecified atom stereocenters. The van der Waals surface area contributed by atoms with Gasteiger partial charge in [-0.15, -0.1) is 12.4 Å². The molecule has 0 spiro atoms. The summed E-state index contributed by atoms with van der Waals surface area (Å²) >= 11 is 0. The molecule has 1 aliphatic heterocycles. The van der Waals surface area contributed by atoms with Crippen LogP contribution >= 0.6 is 12.4 Å². The van der Waals surface area contributed by atoms with E-state index in [1.807, 2.05) is 0 Å². The third-order valence-electron chi connectivity index (χ3n) is 4.80. The van der Waals surface area contributed by atoms with Gasteiger partial charge >= 0.3 is 0 Å². The number of aromatic nitrogens is 2. The van der Waals surface area contributed by atoms with Crippen molar-refractivity contribution >= 4 is 28.3 Å². The molecule has 8 nitrogen and oxygen atoms in total. The normalized spacial score (nSPS) is 19.6. The number of nitrogens with two attached hydrogens (primary N) is 1. The fraction of sp³-hybridized carbons (Fsp3) is 0.765. The van der Waals surface area contributed by atoms with Crippen LogP contribution in [0.3, 0.4) is 0 Å². The summed E-state index contributed by atoms with van der Waals surface area (Å²) in [7, 11) is -3.66. The number of sulfonamides is 1. The summed E-state index contributed by atoms with van der Waals surface area (Å²) in [6.07, 6.45) is 2.15. The molecule has 0 radical (unpaired) electrons. The zero-order chi connectivity index (χ0) is 19.5. The molecule has 156 valence electrons. The van der Waals surface area contributed by atoms with Gasteiger partial charge in [-0.3, -0.25) is 9.89 Å². The second-order valence-electron chi connectivity index (χ2n) is 7.54. The predicted octanol–water partition coefficient (Wildman–Crippen LogP) is 1.34. The van der Waals surface area contributed by atoms with Crippen LogP contribution in [0.2, 0.25) is 0 Å². The van der Waals surface area contributed by atoms with E-state index >= 15 is 0 Å². The minimum atomic E-state index is -3.66. The first-order valence-corrected chi connectivity index (χ1v) is 10.6. The summed E-state index contributed by atoms with van der Waals surface area (Å²) < 4.78 is 27.4. The number of halogens is 1. The molecular weight excluding hydrogens is 390 g/mol. The molecule has 2 atom stereocenters. The molecule has 4 N–H and O–H groups in total. The molecule has 1 aromatic heterocycles. The van der Waals surface area contributed by atoms with Crippen molar-refractivity contribution in [3.05, 3.63) is 11.4 Å². The Hall–Kier alpha value is -1.16. The molecular formula is C17H32ClN5O3S. The van der Waals surface area contributed by atoms with Crippen LogP contribution in [0.5, 0.6) is 0 Å². The lowest BCUT2D eigenvalue weighted by Crippen LogP contribution is -2.49. The van der Waals surface area contributed by atoms with E-state index in [0.29, 0.717) is 43.2 Å². The van der Waals surface area contributed by atoms with Gasteiger partial charge in [-0.25, -0.2) is 8.42 Å². The van der Waals surface area contributed by atoms with Crippen molar-refractivity contribution in [2.24, 2.45) is 17.6 Å². The summed E-state index contributed by atoms with van der Waals surface area (Å²) in [5, 5.41) is 9.70. The number of rotatable bonds is 7. The summed E-state index contributed by atoms with van der Waals surface area (Å²) in [5.41, 5.74) is 6.74. The van der Waals surface area contributed by atoms with E-state index in [4.69, 9.17) is 5.73 Å². The van der Waals surface area contributed by atoms with Gasteiger partial charge in [0.15, 0.2) is 0 Å². The molecule has 27 heavy (non-hydrogen) atoms. The van der Waals surface area contributed by atoms with Crippen LogP contribution in [-0.2, 0) is 14.8 Å². The second-order valence-corrected chi connectivity index (χ2v) is 9.41. The lowest BCUT2D eigenvalue weighted by atomic mass is 9.97. The largest absolute Gasteiger partial charge is 0.352 e. The molecule has 1 aliphatic rings. The Labute approximate surface area is 168 Å². The number of H-pyrrole nitrogens is 1. The number of hydrogen-bond donors (Lipinski definition) is 3. The highest BCUT2D eigenvalue weighted by atomic mass is 35.5. The van der Waals surface area contributed by atoms with Crippen LogP contribution in [0.4, 0.5) is 0 Å². The molecule has 10 heteroatoms. The number of aryl methyl sites for hydroxylation is 2. The van der Waals surface area contributed by atoms with Gasteiger partial charge in [0, 0.05) is 25.7 Å². The maximum absolute atomic E-state index is 13.0. The molecule has 1 saturated heterocycles. The van der Waals surface area contributed by atoms with Crippen molar-refractivity contribution in [1.29, 1.82) is 0 Å². The molecule has 2 heterocycles. The highest BCUT2D eigenvalue weighted by Crippen LogP contribution is 2.27. The number of piperidine rings is 1. The maximum atomic E-state index is 13.0. The first-order chi connectivity index (χ1) is 12.2. The lowest BCUT2D eigenvalue weighted by molar-refractivity contribution is -0.126. The first kappa shape index (κ1) is 23.9. The van der Waals surface area contributed by atoms with Gasteiger partial charge in [0.05, 0.1) is 17.3 Å². The fourth-order valence-electron chi connectivity index (χ4n) is 3.53. The number of hydrogen-bond acceptors (Lipinski definition) is 5. The van der Waals surface area contributed by atoms with Gasteiger partial charge in [-0.2, -0.15) is 9.40 Å². The van der Waals surface area contributed by atoms with Crippen molar-refractivity contribution in [3.8, 4) is 0 Å². The Kier molecular flexibility index (Phi) is 8.72. The van der Waals surface area contributed by atoms with Crippen LogP contribution in [0.1, 0.15) is 44.5 Å². The summed E-state index contributed by atoms with van der Waals surface area (Å²) in [6, 6.07) is -0.0761. The number of aromatic amines is 1. The van der Waals surface area contributed by atoms with Gasteiger partial charge in [0.1, 0.15) is 4.90 Å². The van der Waals surface area contributed by atoms with E-state index in [1.54, 1.807) is 13.8 Å². The fourth-order valence-corrected chi connectivity index (χ4v) is 5.38. The Morgan fingerprint density at radius 3 is 2.59 bits per heavy atom. The van der Waals surface area contributed by atoms with Gasteiger partial charge in [0.2, 0.25) is 15.9 Å². The van der Waals surface area contributed by atoms with Crippen molar-refractivity contribution in [3.63, 3.8) is 0 Å². The Morgan fingerprint density at radius 1 is 1.41 bits per heavy atom. The lowest BCUT2D eigenvalue weighted by Gasteiger charge is -2.32. The minimum absolute atomic E-state index is 0. The van der Waals surface area contributed by atoms with Crippen molar-refractivity contribution in [2.75, 3.05) is 19.6 Å². The van der Waals surface area contributed by atoms with Gasteiger partial charge in [-0.05, 0) is 39.0 Å². The average molecular weight is 422 g/mol. The van der Waals surface area contributed by atoms with Crippen molar-refractivity contribution < 1.29 is 13.2 Å². The SMILES string of the molecule is Cc1n[nH]c(C)c1S(=O)(=O)N1CCCC(C(=O)NC(CN)CC(C)C)C1.Cl. The quantitative estimate of drug-likeness (QED) is 0.613. The summed E-state index contributed by atoms with van der Waals surface area (Å²) in [4.78, 5) is 12.9. The monoisotopic (exact) mass is 421 g/mol. The molecule has 1 amide bonds. The molecule has 0 bridgehead atoms. The zero-order valence-corrected chi connectivity index (χ0v) is 18.1. The van der Waals surface area contributed by atoms with E-state index in [2.05, 4.69) is 29.4 Å². The van der Waals surface area contributed by atoms with Crippen LogP contribution in [-0.4, -0.2) is 54.5 Å². The zero-order valence-electron chi connectivity index (χ0n) is 16.5. The third kappa shape index (κ3) is 5.66. The summed E-state index contributed by atoms with van der Waals surface area (Å²) in [6.45, 7) is 8.52. The first-order valence-electron chi connectivity index (χ1n) is 9.19. The number of nitrogens with one attached hydrogen (secondary N) is 2. The van der Waals surface area contributed by atoms with Crippen LogP contribution < -0.4 is 11.1 Å². The van der Waals surface area contributed by atoms with Gasteiger partial charge in [0.25, 0.3) is 0 Å². The number of nitrogens with zero attached hydrogens (tertiary/aromatic N) is 2. The van der Waals surface area contributed by atoms with E-state index < -0.39 is 10.0 Å². The number of carbonyl (C=O) groups excluding carboxylic acids is 1. The standard InChI is InChI=1S/C17H31N5O3S.ClH/c1-11(2)8-15(9-18)19-17(23)14-6-5-7-22(10-14)26(24,25)16-12(3)20-21-13(16)4;/h11,14-15H,5-10,18H2,1-4H3,(H,19,23)(H,20,21);1H. The molecule has 1 fully saturated rings. The molecule has 2 rings (SSSR count). The van der Waals surface area contributed by atoms with E-state index in [1.165, 1.54) is 4.31 Å². The smallest absolute Gasteiger partial charge is 0.246 e. The van der Waals surface area contributed by atoms with E-state index in [0.717, 1.165) is 6.42 Å². The Balaban J connectivity index is 0.00000364. The number of carbonyl (C=O) groups is 1. The molecule has 1 aromatic rings. The van der Waals surface area contributed by atoms with Gasteiger partial charge < -0.3 is 11.1 Å². The summed E-state index contributed by atoms with van der Waals surface area (Å²) in [5.74, 6) is -0.0342. The van der Waals surface area contributed by atoms with Crippen LogP contribution in [0.15, 0.2) is 4.90 Å². The molecule has 0 aromatic carbocycles. The van der Waals surface area contributed by atoms with Crippen molar-refractivity contribution in [1.82, 2.24) is 19.8 Å². The van der Waals surface area contributed by atoms with E-state index in [9.17, 15) is 13.2 Å². The predicted molar refractivity (Wildman–Crippen MR) is 107 cm³/mol. The maximum Gasteiger partial charge on any atom is 0.246 e. The van der Waals surface area contributed by atoms with Crippen LogP contribution in [0, 0.1) is 25.7 Å².